The number of likely N-dealkylation sites (tertiary alicyclic amines) is 1. The van der Waals surface area contributed by atoms with Crippen LogP contribution in [0.15, 0.2) is 48.5 Å². The van der Waals surface area contributed by atoms with Crippen LogP contribution >= 0.6 is 0 Å². The van der Waals surface area contributed by atoms with Crippen molar-refractivity contribution in [1.82, 2.24) is 9.80 Å². The molecule has 3 aliphatic rings. The Morgan fingerprint density at radius 2 is 1.56 bits per heavy atom. The van der Waals surface area contributed by atoms with Crippen LogP contribution in [0, 0.1) is 11.6 Å². The highest BCUT2D eigenvalue weighted by molar-refractivity contribution is 5.95. The molecule has 3 atom stereocenters. The molecule has 3 heterocycles. The van der Waals surface area contributed by atoms with E-state index < -0.39 is 29.2 Å². The molecule has 168 valence electrons. The highest BCUT2D eigenvalue weighted by atomic mass is 19.1. The molecule has 0 spiro atoms. The smallest absolute Gasteiger partial charge is 0.255 e. The van der Waals surface area contributed by atoms with E-state index in [1.807, 2.05) is 23.1 Å². The minimum absolute atomic E-state index is 0.0677. The van der Waals surface area contributed by atoms with Crippen molar-refractivity contribution in [3.63, 3.8) is 0 Å². The first-order valence-electron chi connectivity index (χ1n) is 11.2. The van der Waals surface area contributed by atoms with Crippen LogP contribution in [-0.2, 0) is 4.79 Å². The Balaban J connectivity index is 1.36. The summed E-state index contributed by atoms with van der Waals surface area (Å²) in [5.74, 6) is -1.82. The van der Waals surface area contributed by atoms with Gasteiger partial charge in [0.25, 0.3) is 11.8 Å². The average Bonchev–Trinajstić information content (AvgIpc) is 3.36. The van der Waals surface area contributed by atoms with Crippen molar-refractivity contribution >= 4 is 11.8 Å². The van der Waals surface area contributed by atoms with Crippen LogP contribution in [0.2, 0.25) is 0 Å². The zero-order valence-corrected chi connectivity index (χ0v) is 17.7. The van der Waals surface area contributed by atoms with Crippen molar-refractivity contribution in [1.29, 1.82) is 0 Å². The lowest BCUT2D eigenvalue weighted by Gasteiger charge is -2.44. The van der Waals surface area contributed by atoms with E-state index in [-0.39, 0.29) is 30.8 Å². The molecule has 5 nitrogen and oxygen atoms in total. The molecule has 2 aromatic carbocycles. The average molecular weight is 440 g/mol. The Morgan fingerprint density at radius 1 is 0.938 bits per heavy atom. The number of hydrogen-bond donors (Lipinski definition) is 1. The first kappa shape index (κ1) is 21.1. The van der Waals surface area contributed by atoms with Gasteiger partial charge in [-0.1, -0.05) is 18.2 Å². The van der Waals surface area contributed by atoms with Crippen molar-refractivity contribution in [3.05, 3.63) is 71.3 Å². The third kappa shape index (κ3) is 3.58. The van der Waals surface area contributed by atoms with Crippen LogP contribution < -0.4 is 0 Å². The molecule has 0 radical (unpaired) electrons. The summed E-state index contributed by atoms with van der Waals surface area (Å²) < 4.78 is 27.6. The monoisotopic (exact) mass is 440 g/mol. The number of carbonyl (C=O) groups excluding carboxylic acids is 2. The molecule has 32 heavy (non-hydrogen) atoms. The van der Waals surface area contributed by atoms with Gasteiger partial charge in [-0.15, -0.1) is 0 Å². The number of carbonyl (C=O) groups is 2. The van der Waals surface area contributed by atoms with Crippen molar-refractivity contribution in [2.24, 2.45) is 0 Å². The Morgan fingerprint density at radius 3 is 2.19 bits per heavy atom. The lowest BCUT2D eigenvalue weighted by atomic mass is 9.84. The third-order valence-corrected chi connectivity index (χ3v) is 7.20. The maximum atomic E-state index is 13.8. The van der Waals surface area contributed by atoms with Gasteiger partial charge >= 0.3 is 0 Å². The van der Waals surface area contributed by atoms with Crippen LogP contribution in [0.5, 0.6) is 0 Å². The molecule has 3 aliphatic heterocycles. The minimum Gasteiger partial charge on any atom is -0.380 e. The largest absolute Gasteiger partial charge is 0.380 e. The number of amides is 2. The van der Waals surface area contributed by atoms with Gasteiger partial charge in [0, 0.05) is 43.1 Å². The second-order valence-corrected chi connectivity index (χ2v) is 9.26. The molecular formula is C25H26F2N2O3. The molecule has 1 N–H and O–H groups in total. The molecule has 0 aliphatic carbocycles. The molecule has 5 rings (SSSR count). The van der Waals surface area contributed by atoms with Crippen LogP contribution in [0.25, 0.3) is 0 Å². The lowest BCUT2D eigenvalue weighted by Crippen LogP contribution is -2.59. The predicted molar refractivity (Wildman–Crippen MR) is 114 cm³/mol. The summed E-state index contributed by atoms with van der Waals surface area (Å²) >= 11 is 0. The molecule has 3 saturated heterocycles. The molecule has 2 bridgehead atoms. The van der Waals surface area contributed by atoms with Crippen LogP contribution in [0.1, 0.15) is 60.5 Å². The van der Waals surface area contributed by atoms with E-state index in [4.69, 9.17) is 0 Å². The Bertz CT molecular complexity index is 1010. The summed E-state index contributed by atoms with van der Waals surface area (Å²) in [6, 6.07) is 11.5. The zero-order chi connectivity index (χ0) is 22.5. The summed E-state index contributed by atoms with van der Waals surface area (Å²) in [5.41, 5.74) is -0.557. The minimum atomic E-state index is -1.58. The summed E-state index contributed by atoms with van der Waals surface area (Å²) in [4.78, 5) is 30.0. The summed E-state index contributed by atoms with van der Waals surface area (Å²) in [7, 11) is 0. The highest BCUT2D eigenvalue weighted by Gasteiger charge is 2.54. The fourth-order valence-electron chi connectivity index (χ4n) is 5.85. The number of nitrogens with zero attached hydrogens (tertiary/aromatic N) is 2. The van der Waals surface area contributed by atoms with Crippen LogP contribution in [0.4, 0.5) is 8.78 Å². The topological polar surface area (TPSA) is 60.9 Å². The molecule has 2 amide bonds. The molecule has 2 unspecified atom stereocenters. The van der Waals surface area contributed by atoms with Gasteiger partial charge in [0.15, 0.2) is 0 Å². The van der Waals surface area contributed by atoms with Crippen molar-refractivity contribution in [2.45, 2.75) is 62.3 Å². The number of benzene rings is 2. The summed E-state index contributed by atoms with van der Waals surface area (Å²) in [6.45, 7) is 0.436. The Kier molecular flexibility index (Phi) is 5.24. The van der Waals surface area contributed by atoms with Crippen LogP contribution in [-0.4, -0.2) is 51.0 Å². The number of aliphatic hydroxyl groups is 1. The van der Waals surface area contributed by atoms with Gasteiger partial charge in [0.1, 0.15) is 17.2 Å². The van der Waals surface area contributed by atoms with E-state index in [1.54, 1.807) is 17.0 Å². The summed E-state index contributed by atoms with van der Waals surface area (Å²) in [6.07, 6.45) is 3.16. The molecule has 3 fully saturated rings. The van der Waals surface area contributed by atoms with Crippen molar-refractivity contribution < 1.29 is 23.5 Å². The fraction of sp³-hybridized carbons (Fsp3) is 0.440. The number of piperidine rings is 1. The fourth-order valence-corrected chi connectivity index (χ4v) is 5.85. The normalized spacial score (nSPS) is 29.4. The van der Waals surface area contributed by atoms with Gasteiger partial charge in [0.05, 0.1) is 6.04 Å². The van der Waals surface area contributed by atoms with Gasteiger partial charge in [-0.2, -0.15) is 0 Å². The first-order valence-corrected chi connectivity index (χ1v) is 11.2. The predicted octanol–water partition coefficient (Wildman–Crippen LogP) is 3.83. The summed E-state index contributed by atoms with van der Waals surface area (Å²) in [5, 5.41) is 11.4. The second-order valence-electron chi connectivity index (χ2n) is 9.26. The number of halogens is 2. The SMILES string of the molecule is O=C(c1ccccc1)N1C2CCC1CC(O)(C(=O)N1CCC[C@H]1c1cc(F)cc(F)c1)C2. The quantitative estimate of drug-likeness (QED) is 0.789. The molecule has 7 heteroatoms. The first-order chi connectivity index (χ1) is 15.4. The molecule has 0 aromatic heterocycles. The maximum absolute atomic E-state index is 13.8. The van der Waals surface area contributed by atoms with Crippen LogP contribution in [0.3, 0.4) is 0 Å². The van der Waals surface area contributed by atoms with Gasteiger partial charge < -0.3 is 14.9 Å². The number of rotatable bonds is 3. The Hall–Kier alpha value is -2.80. The van der Waals surface area contributed by atoms with E-state index in [0.717, 1.165) is 18.9 Å². The molecule has 2 aromatic rings. The third-order valence-electron chi connectivity index (χ3n) is 7.20. The highest BCUT2D eigenvalue weighted by Crippen LogP contribution is 2.44. The second kappa shape index (κ2) is 7.96. The van der Waals surface area contributed by atoms with Gasteiger partial charge in [-0.05, 0) is 55.5 Å². The van der Waals surface area contributed by atoms with Crippen molar-refractivity contribution in [3.8, 4) is 0 Å². The number of hydrogen-bond acceptors (Lipinski definition) is 3. The van der Waals surface area contributed by atoms with Gasteiger partial charge in [-0.25, -0.2) is 8.78 Å². The van der Waals surface area contributed by atoms with E-state index in [9.17, 15) is 23.5 Å². The molecule has 0 saturated carbocycles. The van der Waals surface area contributed by atoms with Gasteiger partial charge in [-0.3, -0.25) is 9.59 Å². The van der Waals surface area contributed by atoms with Gasteiger partial charge in [0.2, 0.25) is 0 Å². The zero-order valence-electron chi connectivity index (χ0n) is 17.7. The maximum Gasteiger partial charge on any atom is 0.255 e. The Labute approximate surface area is 185 Å². The van der Waals surface area contributed by atoms with E-state index >= 15 is 0 Å². The van der Waals surface area contributed by atoms with Crippen molar-refractivity contribution in [2.75, 3.05) is 6.54 Å². The lowest BCUT2D eigenvalue weighted by molar-refractivity contribution is -0.159. The molecular weight excluding hydrogens is 414 g/mol. The standard InChI is InChI=1S/C25H26F2N2O3/c26-18-11-17(12-19(27)13-18)22-7-4-10-28(22)24(31)25(32)14-20-8-9-21(15-25)29(20)23(30)16-5-2-1-3-6-16/h1-3,5-6,11-13,20-22,32H,4,7-10,14-15H2/t20?,21?,22-,25?/m0/s1. The van der Waals surface area contributed by atoms with E-state index in [2.05, 4.69) is 0 Å². The van der Waals surface area contributed by atoms with E-state index in [1.165, 1.54) is 12.1 Å². The number of fused-ring (bicyclic) bond motifs is 2. The van der Waals surface area contributed by atoms with E-state index in [0.29, 0.717) is 30.5 Å².